The minimum Gasteiger partial charge on any atom is -0.327 e. The van der Waals surface area contributed by atoms with E-state index in [2.05, 4.69) is 62.3 Å². The average molecular weight is 390 g/mol. The van der Waals surface area contributed by atoms with E-state index in [-0.39, 0.29) is 0 Å². The molecule has 102 valence electrons. The first-order valence-corrected chi connectivity index (χ1v) is 8.18. The molecule has 1 atom stereocenters. The van der Waals surface area contributed by atoms with Crippen molar-refractivity contribution < 1.29 is 0 Å². The van der Waals surface area contributed by atoms with E-state index in [4.69, 9.17) is 11.6 Å². The summed E-state index contributed by atoms with van der Waals surface area (Å²) in [5, 5.41) is 0. The predicted molar refractivity (Wildman–Crippen MR) is 87.6 cm³/mol. The highest BCUT2D eigenvalue weighted by Gasteiger charge is 2.22. The van der Waals surface area contributed by atoms with Gasteiger partial charge in [-0.2, -0.15) is 0 Å². The summed E-state index contributed by atoms with van der Waals surface area (Å²) in [6, 6.07) is 6.43. The van der Waals surface area contributed by atoms with Gasteiger partial charge in [-0.15, -0.1) is 11.6 Å². The third-order valence-electron chi connectivity index (χ3n) is 3.84. The minimum absolute atomic E-state index is 0.480. The fourth-order valence-electron chi connectivity index (χ4n) is 2.89. The number of imidazole rings is 1. The van der Waals surface area contributed by atoms with Crippen LogP contribution in [0.1, 0.15) is 12.2 Å². The second-order valence-electron chi connectivity index (χ2n) is 5.32. The molecule has 0 bridgehead atoms. The van der Waals surface area contributed by atoms with Gasteiger partial charge in [-0.1, -0.05) is 0 Å². The highest BCUT2D eigenvalue weighted by atomic mass is 127. The van der Waals surface area contributed by atoms with E-state index >= 15 is 0 Å². The van der Waals surface area contributed by atoms with Gasteiger partial charge in [0.2, 0.25) is 0 Å². The zero-order chi connectivity index (χ0) is 13.4. The van der Waals surface area contributed by atoms with Gasteiger partial charge in [-0.05, 0) is 66.7 Å². The molecular weight excluding hydrogens is 373 g/mol. The third kappa shape index (κ3) is 2.76. The van der Waals surface area contributed by atoms with Crippen LogP contribution in [0.2, 0.25) is 0 Å². The molecule has 1 aliphatic rings. The molecule has 19 heavy (non-hydrogen) atoms. The molecule has 3 rings (SSSR count). The number of aromatic nitrogens is 2. The maximum atomic E-state index is 6.06. The number of alkyl halides is 1. The van der Waals surface area contributed by atoms with E-state index in [1.807, 2.05) is 0 Å². The second kappa shape index (κ2) is 5.58. The van der Waals surface area contributed by atoms with Crippen molar-refractivity contribution in [3.05, 3.63) is 27.6 Å². The minimum atomic E-state index is 0.480. The molecule has 1 fully saturated rings. The SMILES string of the molecule is CN1CCC(Cn2c(CCl)nc3cc(I)ccc32)C1. The molecule has 0 N–H and O–H groups in total. The zero-order valence-corrected chi connectivity index (χ0v) is 13.9. The molecule has 1 saturated heterocycles. The van der Waals surface area contributed by atoms with E-state index in [1.165, 1.54) is 28.6 Å². The molecule has 1 aromatic heterocycles. The van der Waals surface area contributed by atoms with Crippen molar-refractivity contribution in [2.75, 3.05) is 20.1 Å². The van der Waals surface area contributed by atoms with E-state index in [0.29, 0.717) is 11.8 Å². The Morgan fingerprint density at radius 3 is 3.00 bits per heavy atom. The molecule has 0 saturated carbocycles. The standard InChI is InChI=1S/C14H17ClIN3/c1-18-5-4-10(8-18)9-19-13-3-2-11(16)6-12(13)17-14(19)7-15/h2-3,6,10H,4-5,7-9H2,1H3. The summed E-state index contributed by atoms with van der Waals surface area (Å²) in [6.07, 6.45) is 1.27. The van der Waals surface area contributed by atoms with Crippen LogP contribution in [0.4, 0.5) is 0 Å². The molecule has 3 nitrogen and oxygen atoms in total. The maximum Gasteiger partial charge on any atom is 0.124 e. The first-order valence-electron chi connectivity index (χ1n) is 6.56. The smallest absolute Gasteiger partial charge is 0.124 e. The fraction of sp³-hybridized carbons (Fsp3) is 0.500. The number of rotatable bonds is 3. The van der Waals surface area contributed by atoms with Gasteiger partial charge in [0.05, 0.1) is 16.9 Å². The summed E-state index contributed by atoms with van der Waals surface area (Å²) >= 11 is 8.39. The van der Waals surface area contributed by atoms with Crippen molar-refractivity contribution in [2.45, 2.75) is 18.8 Å². The average Bonchev–Trinajstić information content (AvgIpc) is 2.94. The van der Waals surface area contributed by atoms with Crippen LogP contribution in [0.3, 0.4) is 0 Å². The zero-order valence-electron chi connectivity index (χ0n) is 10.9. The Labute approximate surface area is 132 Å². The van der Waals surface area contributed by atoms with Gasteiger partial charge in [0.15, 0.2) is 0 Å². The van der Waals surface area contributed by atoms with Crippen molar-refractivity contribution in [3.63, 3.8) is 0 Å². The largest absolute Gasteiger partial charge is 0.327 e. The van der Waals surface area contributed by atoms with Crippen LogP contribution in [0.5, 0.6) is 0 Å². The molecule has 2 aromatic rings. The third-order valence-corrected chi connectivity index (χ3v) is 4.75. The summed E-state index contributed by atoms with van der Waals surface area (Å²) < 4.78 is 3.53. The van der Waals surface area contributed by atoms with Crippen molar-refractivity contribution >= 4 is 45.2 Å². The van der Waals surface area contributed by atoms with Gasteiger partial charge < -0.3 is 9.47 Å². The Bertz CT molecular complexity index is 596. The lowest BCUT2D eigenvalue weighted by Crippen LogP contribution is -2.18. The molecular formula is C14H17ClIN3. The van der Waals surface area contributed by atoms with Gasteiger partial charge in [0.1, 0.15) is 5.82 Å². The highest BCUT2D eigenvalue weighted by Crippen LogP contribution is 2.24. The van der Waals surface area contributed by atoms with E-state index in [0.717, 1.165) is 17.9 Å². The lowest BCUT2D eigenvalue weighted by atomic mass is 10.1. The van der Waals surface area contributed by atoms with E-state index in [9.17, 15) is 0 Å². The number of nitrogens with zero attached hydrogens (tertiary/aromatic N) is 3. The Hall–Kier alpha value is -0.330. The van der Waals surface area contributed by atoms with E-state index in [1.54, 1.807) is 0 Å². The second-order valence-corrected chi connectivity index (χ2v) is 6.84. The number of halogens is 2. The monoisotopic (exact) mass is 389 g/mol. The Morgan fingerprint density at radius 1 is 1.47 bits per heavy atom. The quantitative estimate of drug-likeness (QED) is 0.593. The maximum absolute atomic E-state index is 6.06. The van der Waals surface area contributed by atoms with Crippen LogP contribution in [0.25, 0.3) is 11.0 Å². The van der Waals surface area contributed by atoms with Gasteiger partial charge in [0.25, 0.3) is 0 Å². The Balaban J connectivity index is 1.96. The molecule has 0 radical (unpaired) electrons. The fourth-order valence-corrected chi connectivity index (χ4v) is 3.57. The number of benzene rings is 1. The molecule has 1 unspecified atom stereocenters. The van der Waals surface area contributed by atoms with Crippen LogP contribution in [0.15, 0.2) is 18.2 Å². The molecule has 1 aliphatic heterocycles. The molecule has 2 heterocycles. The van der Waals surface area contributed by atoms with Crippen molar-refractivity contribution in [3.8, 4) is 0 Å². The lowest BCUT2D eigenvalue weighted by Gasteiger charge is -2.14. The lowest BCUT2D eigenvalue weighted by molar-refractivity contribution is 0.378. The Kier molecular flexibility index (Phi) is 4.01. The molecule has 5 heteroatoms. The van der Waals surface area contributed by atoms with Crippen molar-refractivity contribution in [2.24, 2.45) is 5.92 Å². The van der Waals surface area contributed by atoms with Gasteiger partial charge >= 0.3 is 0 Å². The predicted octanol–water partition coefficient (Wildman–Crippen LogP) is 3.33. The first kappa shape index (κ1) is 13.6. The first-order chi connectivity index (χ1) is 9.17. The number of hydrogen-bond acceptors (Lipinski definition) is 2. The van der Waals surface area contributed by atoms with E-state index < -0.39 is 0 Å². The summed E-state index contributed by atoms with van der Waals surface area (Å²) in [4.78, 5) is 7.06. The van der Waals surface area contributed by atoms with Crippen LogP contribution in [0, 0.1) is 9.49 Å². The number of fused-ring (bicyclic) bond motifs is 1. The van der Waals surface area contributed by atoms with Crippen molar-refractivity contribution in [1.29, 1.82) is 0 Å². The molecule has 0 amide bonds. The van der Waals surface area contributed by atoms with Gasteiger partial charge in [-0.3, -0.25) is 0 Å². The number of hydrogen-bond donors (Lipinski definition) is 0. The van der Waals surface area contributed by atoms with Crippen LogP contribution in [-0.2, 0) is 12.4 Å². The number of likely N-dealkylation sites (tertiary alicyclic amines) is 1. The summed E-state index contributed by atoms with van der Waals surface area (Å²) in [5.41, 5.74) is 2.28. The summed E-state index contributed by atoms with van der Waals surface area (Å²) in [7, 11) is 2.19. The molecule has 1 aromatic carbocycles. The summed E-state index contributed by atoms with van der Waals surface area (Å²) in [5.74, 6) is 2.19. The van der Waals surface area contributed by atoms with Crippen LogP contribution < -0.4 is 0 Å². The topological polar surface area (TPSA) is 21.1 Å². The Morgan fingerprint density at radius 2 is 2.32 bits per heavy atom. The van der Waals surface area contributed by atoms with Crippen LogP contribution >= 0.6 is 34.2 Å². The van der Waals surface area contributed by atoms with Gasteiger partial charge in [0, 0.05) is 16.7 Å². The van der Waals surface area contributed by atoms with Crippen LogP contribution in [-0.4, -0.2) is 34.6 Å². The molecule has 0 aliphatic carbocycles. The van der Waals surface area contributed by atoms with Gasteiger partial charge in [-0.25, -0.2) is 4.98 Å². The normalized spacial score (nSPS) is 20.5. The van der Waals surface area contributed by atoms with Crippen molar-refractivity contribution in [1.82, 2.24) is 14.5 Å². The highest BCUT2D eigenvalue weighted by molar-refractivity contribution is 14.1. The summed E-state index contributed by atoms with van der Waals surface area (Å²) in [6.45, 7) is 3.40. The molecule has 0 spiro atoms.